The molecule has 1 heterocycles. The molecule has 15 heavy (non-hydrogen) atoms. The van der Waals surface area contributed by atoms with Crippen LogP contribution in [0, 0.1) is 5.82 Å². The lowest BCUT2D eigenvalue weighted by molar-refractivity contribution is 0.294. The van der Waals surface area contributed by atoms with E-state index in [0.717, 1.165) is 25.2 Å². The maximum absolute atomic E-state index is 12.8. The van der Waals surface area contributed by atoms with E-state index in [1.165, 1.54) is 23.6 Å². The van der Waals surface area contributed by atoms with Crippen LogP contribution in [0.4, 0.5) is 4.39 Å². The topological polar surface area (TPSA) is 3.24 Å². The minimum absolute atomic E-state index is 0.266. The number of hydrogen-bond acceptors (Lipinski definition) is 2. The van der Waals surface area contributed by atoms with Crippen molar-refractivity contribution < 1.29 is 4.39 Å². The predicted molar refractivity (Wildman–Crippen MR) is 64.0 cm³/mol. The molecule has 0 bridgehead atoms. The van der Waals surface area contributed by atoms with Crippen LogP contribution in [0.25, 0.3) is 0 Å². The van der Waals surface area contributed by atoms with Crippen LogP contribution in [0.15, 0.2) is 18.2 Å². The first-order chi connectivity index (χ1) is 7.25. The van der Waals surface area contributed by atoms with Crippen LogP contribution in [0.5, 0.6) is 0 Å². The van der Waals surface area contributed by atoms with Gasteiger partial charge in [0.15, 0.2) is 0 Å². The Hall–Kier alpha value is -0.250. The van der Waals surface area contributed by atoms with Gasteiger partial charge in [0.05, 0.1) is 0 Å². The molecule has 0 saturated carbocycles. The average molecular weight is 246 g/mol. The first kappa shape index (κ1) is 11.2. The molecule has 1 nitrogen and oxygen atoms in total. The third-order valence-electron chi connectivity index (χ3n) is 2.51. The van der Waals surface area contributed by atoms with Gasteiger partial charge in [0.2, 0.25) is 0 Å². The molecule has 1 aliphatic heterocycles. The first-order valence-corrected chi connectivity index (χ1v) is 6.53. The summed E-state index contributed by atoms with van der Waals surface area (Å²) in [5.41, 5.74) is 1.02. The van der Waals surface area contributed by atoms with Crippen molar-refractivity contribution in [1.29, 1.82) is 0 Å². The molecule has 4 heteroatoms. The zero-order valence-electron chi connectivity index (χ0n) is 8.38. The van der Waals surface area contributed by atoms with Gasteiger partial charge in [0.25, 0.3) is 0 Å². The number of hydrogen-bond donors (Lipinski definition) is 0. The second kappa shape index (κ2) is 5.19. The average Bonchev–Trinajstić information content (AvgIpc) is 2.24. The standard InChI is InChI=1S/C11H13ClFNS/c12-11-7-10(13)2-1-9(11)8-14-3-5-15-6-4-14/h1-2,7H,3-6,8H2. The maximum atomic E-state index is 12.8. The maximum Gasteiger partial charge on any atom is 0.124 e. The number of halogens is 2. The molecule has 1 aliphatic rings. The largest absolute Gasteiger partial charge is 0.297 e. The lowest BCUT2D eigenvalue weighted by atomic mass is 10.2. The molecule has 0 aliphatic carbocycles. The summed E-state index contributed by atoms with van der Waals surface area (Å²) in [7, 11) is 0. The highest BCUT2D eigenvalue weighted by atomic mass is 35.5. The Morgan fingerprint density at radius 2 is 2.07 bits per heavy atom. The van der Waals surface area contributed by atoms with E-state index in [9.17, 15) is 4.39 Å². The fourth-order valence-electron chi connectivity index (χ4n) is 1.65. The Labute approximate surface area is 98.6 Å². The summed E-state index contributed by atoms with van der Waals surface area (Å²) in [5, 5.41) is 0.535. The van der Waals surface area contributed by atoms with Gasteiger partial charge in [-0.1, -0.05) is 17.7 Å². The van der Waals surface area contributed by atoms with Gasteiger partial charge >= 0.3 is 0 Å². The number of rotatable bonds is 2. The summed E-state index contributed by atoms with van der Waals surface area (Å²) in [5.74, 6) is 2.09. The molecular formula is C11H13ClFNS. The normalized spacial score (nSPS) is 18.0. The summed E-state index contributed by atoms with van der Waals surface area (Å²) in [6.07, 6.45) is 0. The van der Waals surface area contributed by atoms with E-state index in [2.05, 4.69) is 4.90 Å². The molecule has 0 N–H and O–H groups in total. The molecule has 1 aromatic rings. The lowest BCUT2D eigenvalue weighted by Gasteiger charge is -2.26. The van der Waals surface area contributed by atoms with Gasteiger partial charge in [-0.05, 0) is 17.7 Å². The third-order valence-corrected chi connectivity index (χ3v) is 3.81. The molecule has 1 saturated heterocycles. The molecule has 0 radical (unpaired) electrons. The fraction of sp³-hybridized carbons (Fsp3) is 0.455. The van der Waals surface area contributed by atoms with Crippen LogP contribution < -0.4 is 0 Å². The molecule has 1 aromatic carbocycles. The van der Waals surface area contributed by atoms with Crippen LogP contribution in [-0.4, -0.2) is 29.5 Å². The lowest BCUT2D eigenvalue weighted by Crippen LogP contribution is -2.32. The predicted octanol–water partition coefficient (Wildman–Crippen LogP) is 3.03. The number of thioether (sulfide) groups is 1. The zero-order valence-corrected chi connectivity index (χ0v) is 9.95. The Balaban J connectivity index is 2.03. The summed E-state index contributed by atoms with van der Waals surface area (Å²) >= 11 is 7.96. The van der Waals surface area contributed by atoms with E-state index >= 15 is 0 Å². The van der Waals surface area contributed by atoms with Gasteiger partial charge in [0.1, 0.15) is 5.82 Å². The highest BCUT2D eigenvalue weighted by molar-refractivity contribution is 7.99. The van der Waals surface area contributed by atoms with Crippen LogP contribution >= 0.6 is 23.4 Å². The van der Waals surface area contributed by atoms with Crippen molar-refractivity contribution in [2.75, 3.05) is 24.6 Å². The van der Waals surface area contributed by atoms with E-state index in [0.29, 0.717) is 5.02 Å². The van der Waals surface area contributed by atoms with Crippen molar-refractivity contribution in [1.82, 2.24) is 4.90 Å². The molecule has 1 fully saturated rings. The minimum atomic E-state index is -0.266. The number of nitrogens with zero attached hydrogens (tertiary/aromatic N) is 1. The molecule has 82 valence electrons. The number of benzene rings is 1. The molecular weight excluding hydrogens is 233 g/mol. The van der Waals surface area contributed by atoms with Crippen LogP contribution in [0.2, 0.25) is 5.02 Å². The van der Waals surface area contributed by atoms with Crippen LogP contribution in [0.1, 0.15) is 5.56 Å². The van der Waals surface area contributed by atoms with Crippen molar-refractivity contribution in [3.63, 3.8) is 0 Å². The second-order valence-corrected chi connectivity index (χ2v) is 5.26. The Morgan fingerprint density at radius 1 is 1.33 bits per heavy atom. The van der Waals surface area contributed by atoms with E-state index in [1.807, 2.05) is 11.8 Å². The molecule has 0 atom stereocenters. The summed E-state index contributed by atoms with van der Waals surface area (Å²) in [4.78, 5) is 2.36. The summed E-state index contributed by atoms with van der Waals surface area (Å²) in [6, 6.07) is 4.63. The molecule has 0 unspecified atom stereocenters. The highest BCUT2D eigenvalue weighted by Crippen LogP contribution is 2.20. The van der Waals surface area contributed by atoms with E-state index in [-0.39, 0.29) is 5.82 Å². The highest BCUT2D eigenvalue weighted by Gasteiger charge is 2.12. The molecule has 0 aromatic heterocycles. The van der Waals surface area contributed by atoms with E-state index in [1.54, 1.807) is 6.07 Å². The van der Waals surface area contributed by atoms with Gasteiger partial charge in [0, 0.05) is 36.2 Å². The van der Waals surface area contributed by atoms with Crippen molar-refractivity contribution >= 4 is 23.4 Å². The minimum Gasteiger partial charge on any atom is -0.297 e. The molecule has 0 spiro atoms. The summed E-state index contributed by atoms with van der Waals surface area (Å²) < 4.78 is 12.8. The Bertz CT molecular complexity index is 339. The van der Waals surface area contributed by atoms with Crippen LogP contribution in [-0.2, 0) is 6.54 Å². The van der Waals surface area contributed by atoms with E-state index < -0.39 is 0 Å². The van der Waals surface area contributed by atoms with Gasteiger partial charge in [-0.3, -0.25) is 4.90 Å². The zero-order chi connectivity index (χ0) is 10.7. The van der Waals surface area contributed by atoms with Crippen molar-refractivity contribution in [2.24, 2.45) is 0 Å². The SMILES string of the molecule is Fc1ccc(CN2CCSCC2)c(Cl)c1. The van der Waals surface area contributed by atoms with Gasteiger partial charge in [-0.2, -0.15) is 11.8 Å². The Morgan fingerprint density at radius 3 is 2.73 bits per heavy atom. The van der Waals surface area contributed by atoms with Crippen molar-refractivity contribution in [2.45, 2.75) is 6.54 Å². The van der Waals surface area contributed by atoms with Crippen LogP contribution in [0.3, 0.4) is 0 Å². The van der Waals surface area contributed by atoms with Gasteiger partial charge in [-0.15, -0.1) is 0 Å². The second-order valence-electron chi connectivity index (χ2n) is 3.62. The smallest absolute Gasteiger partial charge is 0.124 e. The third kappa shape index (κ3) is 3.10. The fourth-order valence-corrected chi connectivity index (χ4v) is 2.86. The van der Waals surface area contributed by atoms with Crippen molar-refractivity contribution in [3.05, 3.63) is 34.6 Å². The quantitative estimate of drug-likeness (QED) is 0.788. The molecule has 0 amide bonds. The van der Waals surface area contributed by atoms with Gasteiger partial charge in [-0.25, -0.2) is 4.39 Å². The van der Waals surface area contributed by atoms with E-state index in [4.69, 9.17) is 11.6 Å². The Kier molecular flexibility index (Phi) is 3.89. The van der Waals surface area contributed by atoms with Gasteiger partial charge < -0.3 is 0 Å². The first-order valence-electron chi connectivity index (χ1n) is 5.00. The summed E-state index contributed by atoms with van der Waals surface area (Å²) in [6.45, 7) is 3.02. The molecule has 2 rings (SSSR count). The van der Waals surface area contributed by atoms with Crippen molar-refractivity contribution in [3.8, 4) is 0 Å². The monoisotopic (exact) mass is 245 g/mol.